The number of nitrogens with zero attached hydrogens (tertiary/aromatic N) is 1. The lowest BCUT2D eigenvalue weighted by Crippen LogP contribution is -2.19. The SMILES string of the molecule is CCc1cccc(CC)c1NC(=O)/C(C#N)=C\NCCCCc1ccccc1. The molecule has 0 bridgehead atoms. The van der Waals surface area contributed by atoms with Crippen LogP contribution in [0.3, 0.4) is 0 Å². The number of aryl methyl sites for hydroxylation is 3. The van der Waals surface area contributed by atoms with Crippen molar-refractivity contribution in [2.75, 3.05) is 11.9 Å². The first-order valence-electron chi connectivity index (χ1n) is 9.99. The third-order valence-corrected chi connectivity index (χ3v) is 4.73. The van der Waals surface area contributed by atoms with E-state index >= 15 is 0 Å². The zero-order valence-corrected chi connectivity index (χ0v) is 16.8. The highest BCUT2D eigenvalue weighted by Gasteiger charge is 2.13. The minimum Gasteiger partial charge on any atom is -0.390 e. The van der Waals surface area contributed by atoms with E-state index in [-0.39, 0.29) is 11.5 Å². The minimum atomic E-state index is -0.366. The average molecular weight is 376 g/mol. The van der Waals surface area contributed by atoms with Gasteiger partial charge in [-0.1, -0.05) is 62.4 Å². The highest BCUT2D eigenvalue weighted by atomic mass is 16.1. The molecule has 0 aliphatic heterocycles. The molecule has 0 saturated carbocycles. The highest BCUT2D eigenvalue weighted by Crippen LogP contribution is 2.23. The molecule has 0 saturated heterocycles. The molecule has 2 rings (SSSR count). The van der Waals surface area contributed by atoms with Gasteiger partial charge in [0.2, 0.25) is 0 Å². The number of benzene rings is 2. The second-order valence-corrected chi connectivity index (χ2v) is 6.68. The van der Waals surface area contributed by atoms with Crippen LogP contribution in [0.4, 0.5) is 5.69 Å². The van der Waals surface area contributed by atoms with E-state index in [0.29, 0.717) is 0 Å². The maximum Gasteiger partial charge on any atom is 0.267 e. The van der Waals surface area contributed by atoms with E-state index in [1.165, 1.54) is 11.8 Å². The fourth-order valence-electron chi connectivity index (χ4n) is 3.11. The number of nitriles is 1. The van der Waals surface area contributed by atoms with E-state index in [1.807, 2.05) is 30.3 Å². The number of rotatable bonds is 10. The summed E-state index contributed by atoms with van der Waals surface area (Å²) in [6, 6.07) is 18.4. The number of carbonyl (C=O) groups is 1. The van der Waals surface area contributed by atoms with E-state index < -0.39 is 0 Å². The molecule has 146 valence electrons. The van der Waals surface area contributed by atoms with Gasteiger partial charge in [0.05, 0.1) is 0 Å². The minimum absolute atomic E-state index is 0.0935. The molecule has 0 radical (unpaired) electrons. The Labute approximate surface area is 168 Å². The van der Waals surface area contributed by atoms with Crippen molar-refractivity contribution in [1.29, 1.82) is 5.26 Å². The molecule has 2 N–H and O–H groups in total. The van der Waals surface area contributed by atoms with Crippen molar-refractivity contribution in [3.63, 3.8) is 0 Å². The van der Waals surface area contributed by atoms with Gasteiger partial charge in [0.25, 0.3) is 5.91 Å². The molecule has 0 unspecified atom stereocenters. The number of hydrogen-bond acceptors (Lipinski definition) is 3. The van der Waals surface area contributed by atoms with Gasteiger partial charge in [-0.3, -0.25) is 4.79 Å². The first-order valence-corrected chi connectivity index (χ1v) is 9.99. The summed E-state index contributed by atoms with van der Waals surface area (Å²) in [5.41, 5.74) is 4.42. The zero-order chi connectivity index (χ0) is 20.2. The predicted molar refractivity (Wildman–Crippen MR) is 115 cm³/mol. The summed E-state index contributed by atoms with van der Waals surface area (Å²) in [5, 5.41) is 15.4. The molecule has 0 spiro atoms. The summed E-state index contributed by atoms with van der Waals surface area (Å²) in [4.78, 5) is 12.5. The lowest BCUT2D eigenvalue weighted by atomic mass is 10.0. The van der Waals surface area contributed by atoms with Gasteiger partial charge in [-0.15, -0.1) is 0 Å². The Kier molecular flexibility index (Phi) is 8.81. The zero-order valence-electron chi connectivity index (χ0n) is 16.8. The lowest BCUT2D eigenvalue weighted by molar-refractivity contribution is -0.112. The Hall–Kier alpha value is -3.06. The van der Waals surface area contributed by atoms with Crippen molar-refractivity contribution in [2.24, 2.45) is 0 Å². The van der Waals surface area contributed by atoms with Crippen LogP contribution in [0.25, 0.3) is 0 Å². The molecule has 28 heavy (non-hydrogen) atoms. The molecule has 4 heteroatoms. The summed E-state index contributed by atoms with van der Waals surface area (Å²) >= 11 is 0. The van der Waals surface area contributed by atoms with Gasteiger partial charge in [0.1, 0.15) is 11.6 Å². The van der Waals surface area contributed by atoms with Crippen molar-refractivity contribution >= 4 is 11.6 Å². The van der Waals surface area contributed by atoms with Crippen molar-refractivity contribution in [2.45, 2.75) is 46.0 Å². The van der Waals surface area contributed by atoms with Crippen molar-refractivity contribution in [3.05, 3.63) is 77.0 Å². The van der Waals surface area contributed by atoms with Gasteiger partial charge in [0.15, 0.2) is 0 Å². The Morgan fingerprint density at radius 2 is 1.68 bits per heavy atom. The standard InChI is InChI=1S/C24H29N3O/c1-3-20-14-10-15-21(4-2)23(20)27-24(28)22(17-25)18-26-16-9-8-13-19-11-6-5-7-12-19/h5-7,10-12,14-15,18,26H,3-4,8-9,13,16H2,1-2H3,(H,27,28)/b22-18-. The summed E-state index contributed by atoms with van der Waals surface area (Å²) in [6.45, 7) is 4.85. The maximum atomic E-state index is 12.5. The topological polar surface area (TPSA) is 64.9 Å². The smallest absolute Gasteiger partial charge is 0.267 e. The second-order valence-electron chi connectivity index (χ2n) is 6.68. The van der Waals surface area contributed by atoms with Gasteiger partial charge in [-0.25, -0.2) is 0 Å². The monoisotopic (exact) mass is 375 g/mol. The molecule has 2 aromatic carbocycles. The average Bonchev–Trinajstić information content (AvgIpc) is 2.74. The van der Waals surface area contributed by atoms with Crippen LogP contribution in [0.1, 0.15) is 43.4 Å². The summed E-state index contributed by atoms with van der Waals surface area (Å²) in [5.74, 6) is -0.366. The molecule has 4 nitrogen and oxygen atoms in total. The molecule has 0 fully saturated rings. The summed E-state index contributed by atoms with van der Waals surface area (Å²) in [6.07, 6.45) is 6.25. The van der Waals surface area contributed by atoms with Gasteiger partial charge in [0, 0.05) is 18.4 Å². The summed E-state index contributed by atoms with van der Waals surface area (Å²) < 4.78 is 0. The number of amides is 1. The maximum absolute atomic E-state index is 12.5. The number of carbonyl (C=O) groups excluding carboxylic acids is 1. The van der Waals surface area contributed by atoms with E-state index in [2.05, 4.69) is 48.7 Å². The Morgan fingerprint density at radius 3 is 2.29 bits per heavy atom. The second kappa shape index (κ2) is 11.6. The first-order chi connectivity index (χ1) is 13.7. The highest BCUT2D eigenvalue weighted by molar-refractivity contribution is 6.07. The van der Waals surface area contributed by atoms with Crippen molar-refractivity contribution < 1.29 is 4.79 Å². The van der Waals surface area contributed by atoms with Crippen LogP contribution in [0.15, 0.2) is 60.3 Å². The number of nitrogens with one attached hydrogen (secondary N) is 2. The first kappa shape index (κ1) is 21.2. The molecule has 0 heterocycles. The lowest BCUT2D eigenvalue weighted by Gasteiger charge is -2.14. The molecule has 1 amide bonds. The Morgan fingerprint density at radius 1 is 1.00 bits per heavy atom. The van der Waals surface area contributed by atoms with Crippen LogP contribution in [0, 0.1) is 11.3 Å². The van der Waals surface area contributed by atoms with E-state index in [1.54, 1.807) is 0 Å². The summed E-state index contributed by atoms with van der Waals surface area (Å²) in [7, 11) is 0. The number of unbranched alkanes of at least 4 members (excludes halogenated alkanes) is 1. The fraction of sp³-hybridized carbons (Fsp3) is 0.333. The fourth-order valence-corrected chi connectivity index (χ4v) is 3.11. The van der Waals surface area contributed by atoms with Crippen LogP contribution < -0.4 is 10.6 Å². The third kappa shape index (κ3) is 6.28. The van der Waals surface area contributed by atoms with Crippen LogP contribution in [-0.4, -0.2) is 12.5 Å². The molecule has 0 aliphatic carbocycles. The van der Waals surface area contributed by atoms with Gasteiger partial charge < -0.3 is 10.6 Å². The number of anilines is 1. The van der Waals surface area contributed by atoms with Gasteiger partial charge >= 0.3 is 0 Å². The van der Waals surface area contributed by atoms with Crippen LogP contribution in [0.2, 0.25) is 0 Å². The molecule has 0 atom stereocenters. The quantitative estimate of drug-likeness (QED) is 0.357. The van der Waals surface area contributed by atoms with Crippen LogP contribution in [0.5, 0.6) is 0 Å². The van der Waals surface area contributed by atoms with E-state index in [4.69, 9.17) is 0 Å². The molecule has 0 aromatic heterocycles. The van der Waals surface area contributed by atoms with Crippen LogP contribution >= 0.6 is 0 Å². The normalized spacial score (nSPS) is 11.0. The van der Waals surface area contributed by atoms with Crippen molar-refractivity contribution in [1.82, 2.24) is 5.32 Å². The largest absolute Gasteiger partial charge is 0.390 e. The molecule has 2 aromatic rings. The number of hydrogen-bond donors (Lipinski definition) is 2. The van der Waals surface area contributed by atoms with Crippen molar-refractivity contribution in [3.8, 4) is 6.07 Å². The van der Waals surface area contributed by atoms with Gasteiger partial charge in [-0.2, -0.15) is 5.26 Å². The molecular formula is C24H29N3O. The van der Waals surface area contributed by atoms with E-state index in [9.17, 15) is 10.1 Å². The number of para-hydroxylation sites is 1. The Balaban J connectivity index is 1.87. The Bertz CT molecular complexity index is 812. The van der Waals surface area contributed by atoms with E-state index in [0.717, 1.165) is 55.5 Å². The third-order valence-electron chi connectivity index (χ3n) is 4.73. The van der Waals surface area contributed by atoms with Crippen LogP contribution in [-0.2, 0) is 24.1 Å². The molecular weight excluding hydrogens is 346 g/mol. The molecule has 0 aliphatic rings. The predicted octanol–water partition coefficient (Wildman–Crippen LogP) is 4.77. The van der Waals surface area contributed by atoms with Gasteiger partial charge in [-0.05, 0) is 48.8 Å².